The molecule has 0 heterocycles. The second kappa shape index (κ2) is 38.3. The zero-order chi connectivity index (χ0) is 12.4. The SMILES string of the molecule is CC.CC.CCC(C)NC.CCCC. The zero-order valence-electron chi connectivity index (χ0n) is 12.2. The van der Waals surface area contributed by atoms with Crippen molar-refractivity contribution < 1.29 is 0 Å². The van der Waals surface area contributed by atoms with Crippen molar-refractivity contribution in [3.8, 4) is 0 Å². The van der Waals surface area contributed by atoms with Crippen LogP contribution in [0.3, 0.4) is 0 Å². The minimum atomic E-state index is 0.685. The number of rotatable bonds is 3. The fourth-order valence-electron chi connectivity index (χ4n) is 0.204. The van der Waals surface area contributed by atoms with Crippen molar-refractivity contribution in [1.29, 1.82) is 0 Å². The van der Waals surface area contributed by atoms with Crippen molar-refractivity contribution in [2.45, 2.75) is 80.7 Å². The molecule has 0 bridgehead atoms. The van der Waals surface area contributed by atoms with Crippen LogP contribution in [0.15, 0.2) is 0 Å². The Bertz CT molecular complexity index is 38.5. The van der Waals surface area contributed by atoms with Crippen molar-refractivity contribution in [3.63, 3.8) is 0 Å². The van der Waals surface area contributed by atoms with E-state index in [0.29, 0.717) is 6.04 Å². The number of nitrogens with one attached hydrogen (secondary N) is 1. The molecule has 0 aliphatic heterocycles. The summed E-state index contributed by atoms with van der Waals surface area (Å²) in [6.07, 6.45) is 3.86. The van der Waals surface area contributed by atoms with Gasteiger partial charge in [-0.2, -0.15) is 0 Å². The van der Waals surface area contributed by atoms with Gasteiger partial charge in [-0.1, -0.05) is 61.3 Å². The van der Waals surface area contributed by atoms with Gasteiger partial charge in [-0.3, -0.25) is 0 Å². The Hall–Kier alpha value is -0.0400. The highest BCUT2D eigenvalue weighted by atomic mass is 14.8. The molecule has 1 unspecified atom stereocenters. The first kappa shape index (κ1) is 23.6. The minimum Gasteiger partial charge on any atom is -0.317 e. The standard InChI is InChI=1S/C5H13N.C4H10.2C2H6/c1-4-5(2)6-3;1-3-4-2;2*1-2/h5-6H,4H2,1-3H3;3-4H2,1-2H3;2*1-2H3. The van der Waals surface area contributed by atoms with Crippen molar-refractivity contribution in [3.05, 3.63) is 0 Å². The predicted octanol–water partition coefficient (Wildman–Crippen LogP) is 4.86. The first-order chi connectivity index (χ1) is 6.72. The molecule has 0 aliphatic carbocycles. The van der Waals surface area contributed by atoms with E-state index in [1.54, 1.807) is 0 Å². The average molecular weight is 205 g/mol. The Balaban J connectivity index is -0.0000000546. The van der Waals surface area contributed by atoms with E-state index in [2.05, 4.69) is 33.0 Å². The molecule has 0 aliphatic rings. The van der Waals surface area contributed by atoms with Crippen LogP contribution in [0.1, 0.15) is 74.7 Å². The van der Waals surface area contributed by atoms with Crippen molar-refractivity contribution >= 4 is 0 Å². The van der Waals surface area contributed by atoms with E-state index in [9.17, 15) is 0 Å². The molecule has 1 nitrogen and oxygen atoms in total. The second-order valence-corrected chi connectivity index (χ2v) is 2.60. The summed E-state index contributed by atoms with van der Waals surface area (Å²) in [5, 5.41) is 3.11. The quantitative estimate of drug-likeness (QED) is 0.693. The van der Waals surface area contributed by atoms with Crippen molar-refractivity contribution in [1.82, 2.24) is 5.32 Å². The summed E-state index contributed by atoms with van der Waals surface area (Å²) in [7, 11) is 1.98. The minimum absolute atomic E-state index is 0.685. The lowest BCUT2D eigenvalue weighted by Crippen LogP contribution is -2.19. The van der Waals surface area contributed by atoms with Gasteiger partial charge in [-0.25, -0.2) is 0 Å². The Morgan fingerprint density at radius 3 is 1.14 bits per heavy atom. The Morgan fingerprint density at radius 1 is 0.857 bits per heavy atom. The molecule has 0 aromatic carbocycles. The monoisotopic (exact) mass is 205 g/mol. The molecule has 0 radical (unpaired) electrons. The highest BCUT2D eigenvalue weighted by Gasteiger charge is 1.86. The van der Waals surface area contributed by atoms with Crippen LogP contribution in [0.25, 0.3) is 0 Å². The summed E-state index contributed by atoms with van der Waals surface area (Å²) in [6.45, 7) is 16.7. The smallest absolute Gasteiger partial charge is 0.00331 e. The van der Waals surface area contributed by atoms with E-state index in [0.717, 1.165) is 0 Å². The van der Waals surface area contributed by atoms with Crippen LogP contribution in [0, 0.1) is 0 Å². The maximum absolute atomic E-state index is 3.11. The molecule has 0 rings (SSSR count). The van der Waals surface area contributed by atoms with Gasteiger partial charge in [0.2, 0.25) is 0 Å². The van der Waals surface area contributed by atoms with Crippen molar-refractivity contribution in [2.75, 3.05) is 7.05 Å². The normalized spacial score (nSPS) is 9.21. The topological polar surface area (TPSA) is 12.0 Å². The molecule has 0 aromatic rings. The molecule has 0 aromatic heterocycles. The molecular weight excluding hydrogens is 170 g/mol. The Morgan fingerprint density at radius 2 is 1.14 bits per heavy atom. The highest BCUT2D eigenvalue weighted by molar-refractivity contribution is 4.49. The van der Waals surface area contributed by atoms with E-state index in [1.807, 2.05) is 34.7 Å². The second-order valence-electron chi connectivity index (χ2n) is 2.60. The highest BCUT2D eigenvalue weighted by Crippen LogP contribution is 1.82. The molecule has 0 saturated heterocycles. The van der Waals surface area contributed by atoms with E-state index >= 15 is 0 Å². The lowest BCUT2D eigenvalue weighted by Gasteiger charge is -2.02. The molecule has 0 amide bonds. The zero-order valence-corrected chi connectivity index (χ0v) is 12.2. The fourth-order valence-corrected chi connectivity index (χ4v) is 0.204. The molecule has 92 valence electrons. The van der Waals surface area contributed by atoms with Gasteiger partial charge in [0.15, 0.2) is 0 Å². The Labute approximate surface area is 93.7 Å². The van der Waals surface area contributed by atoms with Crippen LogP contribution < -0.4 is 5.32 Å². The van der Waals surface area contributed by atoms with Crippen molar-refractivity contribution in [2.24, 2.45) is 0 Å². The van der Waals surface area contributed by atoms with E-state index in [4.69, 9.17) is 0 Å². The van der Waals surface area contributed by atoms with Gasteiger partial charge in [0.05, 0.1) is 0 Å². The molecule has 0 spiro atoms. The van der Waals surface area contributed by atoms with Crippen LogP contribution in [-0.2, 0) is 0 Å². The first-order valence-electron chi connectivity index (χ1n) is 6.40. The molecule has 0 fully saturated rings. The van der Waals surface area contributed by atoms with E-state index in [1.165, 1.54) is 19.3 Å². The summed E-state index contributed by atoms with van der Waals surface area (Å²) in [5.41, 5.74) is 0. The lowest BCUT2D eigenvalue weighted by atomic mass is 10.3. The molecule has 1 N–H and O–H groups in total. The lowest BCUT2D eigenvalue weighted by molar-refractivity contribution is 0.593. The van der Waals surface area contributed by atoms with Crippen LogP contribution in [0.4, 0.5) is 0 Å². The van der Waals surface area contributed by atoms with Gasteiger partial charge < -0.3 is 5.32 Å². The maximum Gasteiger partial charge on any atom is 0.00331 e. The third-order valence-electron chi connectivity index (χ3n) is 1.61. The van der Waals surface area contributed by atoms with Crippen LogP contribution >= 0.6 is 0 Å². The number of unbranched alkanes of at least 4 members (excludes halogenated alkanes) is 1. The molecule has 1 heteroatoms. The van der Waals surface area contributed by atoms with Gasteiger partial charge >= 0.3 is 0 Å². The largest absolute Gasteiger partial charge is 0.317 e. The number of hydrogen-bond acceptors (Lipinski definition) is 1. The maximum atomic E-state index is 3.11. The summed E-state index contributed by atoms with van der Waals surface area (Å²) < 4.78 is 0. The summed E-state index contributed by atoms with van der Waals surface area (Å²) in [4.78, 5) is 0. The molecule has 0 saturated carbocycles. The number of hydrogen-bond donors (Lipinski definition) is 1. The van der Waals surface area contributed by atoms with Gasteiger partial charge in [0, 0.05) is 6.04 Å². The van der Waals surface area contributed by atoms with E-state index in [-0.39, 0.29) is 0 Å². The van der Waals surface area contributed by atoms with Gasteiger partial charge in [-0.05, 0) is 20.4 Å². The Kier molecular flexibility index (Phi) is 64.6. The van der Waals surface area contributed by atoms with E-state index < -0.39 is 0 Å². The predicted molar refractivity (Wildman–Crippen MR) is 72.1 cm³/mol. The summed E-state index contributed by atoms with van der Waals surface area (Å²) in [5.74, 6) is 0. The molecular formula is C13H35N. The average Bonchev–Trinajstić information content (AvgIpc) is 2.33. The third-order valence-corrected chi connectivity index (χ3v) is 1.61. The first-order valence-corrected chi connectivity index (χ1v) is 6.40. The summed E-state index contributed by atoms with van der Waals surface area (Å²) in [6, 6.07) is 0.685. The fraction of sp³-hybridized carbons (Fsp3) is 1.00. The van der Waals surface area contributed by atoms with Gasteiger partial charge in [0.25, 0.3) is 0 Å². The van der Waals surface area contributed by atoms with Gasteiger partial charge in [0.1, 0.15) is 0 Å². The molecule has 1 atom stereocenters. The third kappa shape index (κ3) is 58.4. The van der Waals surface area contributed by atoms with Gasteiger partial charge in [-0.15, -0.1) is 0 Å². The summed E-state index contributed by atoms with van der Waals surface area (Å²) >= 11 is 0. The molecule has 14 heavy (non-hydrogen) atoms. The van der Waals surface area contributed by atoms with Crippen LogP contribution in [0.5, 0.6) is 0 Å². The van der Waals surface area contributed by atoms with Crippen LogP contribution in [0.2, 0.25) is 0 Å². The van der Waals surface area contributed by atoms with Crippen LogP contribution in [-0.4, -0.2) is 13.1 Å².